The minimum atomic E-state index is -0.467. The van der Waals surface area contributed by atoms with E-state index in [1.54, 1.807) is 11.8 Å². The first-order chi connectivity index (χ1) is 10.2. The van der Waals surface area contributed by atoms with Gasteiger partial charge in [0.25, 0.3) is 0 Å². The van der Waals surface area contributed by atoms with Crippen molar-refractivity contribution in [2.24, 2.45) is 5.73 Å². The van der Waals surface area contributed by atoms with E-state index in [0.717, 1.165) is 29.0 Å². The van der Waals surface area contributed by atoms with Crippen LogP contribution < -0.4 is 11.1 Å². The van der Waals surface area contributed by atoms with Crippen molar-refractivity contribution in [2.45, 2.75) is 31.8 Å². The van der Waals surface area contributed by atoms with E-state index in [2.05, 4.69) is 21.5 Å². The monoisotopic (exact) mass is 306 g/mol. The molecule has 0 spiro atoms. The smallest absolute Gasteiger partial charge is 0.237 e. The van der Waals surface area contributed by atoms with E-state index in [1.165, 1.54) is 0 Å². The predicted octanol–water partition coefficient (Wildman–Crippen LogP) is 2.21. The lowest BCUT2D eigenvalue weighted by Gasteiger charge is -2.18. The summed E-state index contributed by atoms with van der Waals surface area (Å²) < 4.78 is 0. The van der Waals surface area contributed by atoms with Gasteiger partial charge in [-0.15, -0.1) is 0 Å². The molecule has 1 heterocycles. The van der Waals surface area contributed by atoms with Crippen LogP contribution in [0.2, 0.25) is 0 Å². The molecular formula is C15H22N4OS. The van der Waals surface area contributed by atoms with Crippen LogP contribution in [0.1, 0.15) is 31.6 Å². The highest BCUT2D eigenvalue weighted by Crippen LogP contribution is 2.20. The lowest BCUT2D eigenvalue weighted by Crippen LogP contribution is -2.42. The maximum Gasteiger partial charge on any atom is 0.237 e. The highest BCUT2D eigenvalue weighted by molar-refractivity contribution is 7.98. The molecule has 114 valence electrons. The molecule has 1 aromatic carbocycles. The Labute approximate surface area is 129 Å². The van der Waals surface area contributed by atoms with E-state index in [0.29, 0.717) is 6.42 Å². The molecule has 0 aliphatic rings. The molecule has 6 heteroatoms. The van der Waals surface area contributed by atoms with Crippen molar-refractivity contribution in [1.82, 2.24) is 15.3 Å². The number of hydrogen-bond acceptors (Lipinski definition) is 4. The average Bonchev–Trinajstić information content (AvgIpc) is 2.94. The van der Waals surface area contributed by atoms with Crippen LogP contribution in [0.4, 0.5) is 0 Å². The minimum absolute atomic E-state index is 0.121. The lowest BCUT2D eigenvalue weighted by molar-refractivity contribution is -0.123. The number of benzene rings is 1. The molecule has 21 heavy (non-hydrogen) atoms. The van der Waals surface area contributed by atoms with Gasteiger partial charge in [0.15, 0.2) is 0 Å². The molecule has 0 saturated carbocycles. The molecule has 0 radical (unpaired) electrons. The number of para-hydroxylation sites is 2. The van der Waals surface area contributed by atoms with Crippen molar-refractivity contribution >= 4 is 28.7 Å². The summed E-state index contributed by atoms with van der Waals surface area (Å²) in [6, 6.07) is 7.26. The van der Waals surface area contributed by atoms with Gasteiger partial charge >= 0.3 is 0 Å². The van der Waals surface area contributed by atoms with Gasteiger partial charge < -0.3 is 16.0 Å². The molecule has 0 bridgehead atoms. The molecule has 2 aromatic rings. The zero-order valence-electron chi connectivity index (χ0n) is 12.4. The zero-order valence-corrected chi connectivity index (χ0v) is 13.2. The fourth-order valence-electron chi connectivity index (χ4n) is 2.11. The fraction of sp³-hybridized carbons (Fsp3) is 0.467. The predicted molar refractivity (Wildman–Crippen MR) is 88.2 cm³/mol. The van der Waals surface area contributed by atoms with Gasteiger partial charge in [-0.2, -0.15) is 11.8 Å². The van der Waals surface area contributed by atoms with Crippen LogP contribution in [-0.4, -0.2) is 33.9 Å². The van der Waals surface area contributed by atoms with Gasteiger partial charge in [-0.05, 0) is 37.0 Å². The van der Waals surface area contributed by atoms with Crippen LogP contribution in [0.3, 0.4) is 0 Å². The first-order valence-corrected chi connectivity index (χ1v) is 8.54. The summed E-state index contributed by atoms with van der Waals surface area (Å²) in [6.07, 6.45) is 3.50. The highest BCUT2D eigenvalue weighted by Gasteiger charge is 2.20. The molecule has 0 aliphatic carbocycles. The molecule has 0 saturated heterocycles. The third-order valence-electron chi connectivity index (χ3n) is 3.44. The van der Waals surface area contributed by atoms with Crippen LogP contribution in [0.5, 0.6) is 0 Å². The van der Waals surface area contributed by atoms with Crippen molar-refractivity contribution in [3.8, 4) is 0 Å². The first kappa shape index (κ1) is 15.9. The Morgan fingerprint density at radius 1 is 1.48 bits per heavy atom. The van der Waals surface area contributed by atoms with Crippen LogP contribution in [0, 0.1) is 0 Å². The summed E-state index contributed by atoms with van der Waals surface area (Å²) in [4.78, 5) is 19.9. The largest absolute Gasteiger partial charge is 0.345 e. The molecule has 1 unspecified atom stereocenters. The van der Waals surface area contributed by atoms with Gasteiger partial charge in [-0.1, -0.05) is 19.1 Å². The Morgan fingerprint density at radius 3 is 2.90 bits per heavy atom. The van der Waals surface area contributed by atoms with E-state index < -0.39 is 6.04 Å². The zero-order chi connectivity index (χ0) is 15.2. The standard InChI is InChI=1S/C15H22N4OS/c1-3-10(16)15(20)19-13(8-9-21-2)14-17-11-6-4-5-7-12(11)18-14/h4-7,10,13H,3,8-9,16H2,1-2H3,(H,17,18)(H,19,20)/t10-,13?/m0/s1. The van der Waals surface area contributed by atoms with Crippen molar-refractivity contribution in [3.63, 3.8) is 0 Å². The summed E-state index contributed by atoms with van der Waals surface area (Å²) in [5, 5.41) is 3.01. The summed E-state index contributed by atoms with van der Waals surface area (Å²) in [5.74, 6) is 1.62. The van der Waals surface area contributed by atoms with Gasteiger partial charge in [0.2, 0.25) is 5.91 Å². The second kappa shape index (κ2) is 7.47. The Morgan fingerprint density at radius 2 is 2.24 bits per heavy atom. The fourth-order valence-corrected chi connectivity index (χ4v) is 2.59. The molecule has 1 amide bonds. The minimum Gasteiger partial charge on any atom is -0.345 e. The maximum absolute atomic E-state index is 12.1. The molecule has 2 atom stereocenters. The van der Waals surface area contributed by atoms with Gasteiger partial charge in [0, 0.05) is 0 Å². The van der Waals surface area contributed by atoms with Crippen LogP contribution in [-0.2, 0) is 4.79 Å². The van der Waals surface area contributed by atoms with E-state index in [9.17, 15) is 4.79 Å². The summed E-state index contributed by atoms with van der Waals surface area (Å²) in [5.41, 5.74) is 7.69. The van der Waals surface area contributed by atoms with Crippen LogP contribution in [0.15, 0.2) is 24.3 Å². The first-order valence-electron chi connectivity index (χ1n) is 7.15. The number of nitrogens with two attached hydrogens (primary N) is 1. The maximum atomic E-state index is 12.1. The second-order valence-corrected chi connectivity index (χ2v) is 5.98. The van der Waals surface area contributed by atoms with Crippen molar-refractivity contribution in [1.29, 1.82) is 0 Å². The number of carbonyl (C=O) groups is 1. The van der Waals surface area contributed by atoms with Crippen LogP contribution >= 0.6 is 11.8 Å². The number of aromatic amines is 1. The number of hydrogen-bond donors (Lipinski definition) is 3. The molecular weight excluding hydrogens is 284 g/mol. The third kappa shape index (κ3) is 3.98. The Bertz CT molecular complexity index is 565. The summed E-state index contributed by atoms with van der Waals surface area (Å²) in [6.45, 7) is 1.91. The molecule has 4 N–H and O–H groups in total. The molecule has 2 rings (SSSR count). The molecule has 0 fully saturated rings. The Kier molecular flexibility index (Phi) is 5.64. The number of nitrogens with zero attached hydrogens (tertiary/aromatic N) is 1. The number of aromatic nitrogens is 2. The number of H-pyrrole nitrogens is 1. The number of amides is 1. The highest BCUT2D eigenvalue weighted by atomic mass is 32.2. The number of rotatable bonds is 7. The van der Waals surface area contributed by atoms with E-state index in [-0.39, 0.29) is 11.9 Å². The van der Waals surface area contributed by atoms with Crippen LogP contribution in [0.25, 0.3) is 11.0 Å². The molecule has 1 aromatic heterocycles. The number of thioether (sulfide) groups is 1. The van der Waals surface area contributed by atoms with Crippen molar-refractivity contribution in [3.05, 3.63) is 30.1 Å². The summed E-state index contributed by atoms with van der Waals surface area (Å²) in [7, 11) is 0. The number of carbonyl (C=O) groups excluding carboxylic acids is 1. The lowest BCUT2D eigenvalue weighted by atomic mass is 10.1. The molecule has 5 nitrogen and oxygen atoms in total. The number of imidazole rings is 1. The van der Waals surface area contributed by atoms with E-state index in [1.807, 2.05) is 31.2 Å². The second-order valence-electron chi connectivity index (χ2n) is 5.00. The number of nitrogens with one attached hydrogen (secondary N) is 2. The van der Waals surface area contributed by atoms with E-state index in [4.69, 9.17) is 5.73 Å². The Balaban J connectivity index is 2.20. The topological polar surface area (TPSA) is 83.8 Å². The van der Waals surface area contributed by atoms with Crippen molar-refractivity contribution < 1.29 is 4.79 Å². The molecule has 0 aliphatic heterocycles. The van der Waals surface area contributed by atoms with Gasteiger partial charge in [0.05, 0.1) is 23.1 Å². The normalized spacial score (nSPS) is 14.0. The Hall–Kier alpha value is -1.53. The van der Waals surface area contributed by atoms with E-state index >= 15 is 0 Å². The van der Waals surface area contributed by atoms with Gasteiger partial charge in [0.1, 0.15) is 5.82 Å². The van der Waals surface area contributed by atoms with Crippen molar-refractivity contribution in [2.75, 3.05) is 12.0 Å². The quantitative estimate of drug-likeness (QED) is 0.732. The third-order valence-corrected chi connectivity index (χ3v) is 4.09. The summed E-state index contributed by atoms with van der Waals surface area (Å²) >= 11 is 1.75. The average molecular weight is 306 g/mol. The SMILES string of the molecule is CC[C@H](N)C(=O)NC(CCSC)c1nc2ccccc2[nH]1. The van der Waals surface area contributed by atoms with Gasteiger partial charge in [-0.3, -0.25) is 4.79 Å². The number of fused-ring (bicyclic) bond motifs is 1. The van der Waals surface area contributed by atoms with Gasteiger partial charge in [-0.25, -0.2) is 4.98 Å².